The lowest BCUT2D eigenvalue weighted by Gasteiger charge is -2.13. The molecule has 0 saturated carbocycles. The van der Waals surface area contributed by atoms with Gasteiger partial charge in [0.1, 0.15) is 0 Å². The van der Waals surface area contributed by atoms with Gasteiger partial charge in [0.25, 0.3) is 0 Å². The summed E-state index contributed by atoms with van der Waals surface area (Å²) in [5.41, 5.74) is 7.63. The van der Waals surface area contributed by atoms with Gasteiger partial charge in [-0.25, -0.2) is 0 Å². The van der Waals surface area contributed by atoms with E-state index in [0.29, 0.717) is 13.0 Å². The second kappa shape index (κ2) is 5.51. The van der Waals surface area contributed by atoms with Crippen LogP contribution in [0.15, 0.2) is 24.3 Å². The van der Waals surface area contributed by atoms with Gasteiger partial charge in [0.05, 0.1) is 13.0 Å². The molecule has 82 valence electrons. The summed E-state index contributed by atoms with van der Waals surface area (Å²) in [6.45, 7) is 2.49. The fraction of sp³-hybridized carbons (Fsp3) is 0.417. The number of ether oxygens (including phenoxy) is 1. The van der Waals surface area contributed by atoms with Crippen LogP contribution < -0.4 is 5.73 Å². The molecule has 1 rings (SSSR count). The monoisotopic (exact) mass is 207 g/mol. The third kappa shape index (κ3) is 3.06. The van der Waals surface area contributed by atoms with Gasteiger partial charge < -0.3 is 10.5 Å². The van der Waals surface area contributed by atoms with Gasteiger partial charge in [-0.3, -0.25) is 4.79 Å². The van der Waals surface area contributed by atoms with Gasteiger partial charge in [-0.15, -0.1) is 0 Å². The number of nitrogens with two attached hydrogens (primary N) is 1. The fourth-order valence-electron chi connectivity index (χ4n) is 1.53. The number of rotatable bonds is 4. The number of aryl methyl sites for hydroxylation is 1. The first-order chi connectivity index (χ1) is 7.19. The van der Waals surface area contributed by atoms with E-state index in [0.717, 1.165) is 5.56 Å². The summed E-state index contributed by atoms with van der Waals surface area (Å²) in [4.78, 5) is 11.5. The van der Waals surface area contributed by atoms with E-state index in [4.69, 9.17) is 10.5 Å². The van der Waals surface area contributed by atoms with Crippen LogP contribution >= 0.6 is 0 Å². The highest BCUT2D eigenvalue weighted by Crippen LogP contribution is 2.20. The molecule has 0 saturated heterocycles. The number of esters is 1. The number of carbonyl (C=O) groups excluding carboxylic acids is 1. The first kappa shape index (κ1) is 11.7. The summed E-state index contributed by atoms with van der Waals surface area (Å²) in [6, 6.07) is 7.88. The minimum Gasteiger partial charge on any atom is -0.469 e. The quantitative estimate of drug-likeness (QED) is 0.763. The molecule has 0 aliphatic heterocycles. The van der Waals surface area contributed by atoms with E-state index in [2.05, 4.69) is 0 Å². The van der Waals surface area contributed by atoms with Crippen molar-refractivity contribution in [3.63, 3.8) is 0 Å². The lowest BCUT2D eigenvalue weighted by Crippen LogP contribution is -2.18. The van der Waals surface area contributed by atoms with Crippen molar-refractivity contribution in [2.24, 2.45) is 5.73 Å². The Labute approximate surface area is 90.2 Å². The molecule has 0 fully saturated rings. The summed E-state index contributed by atoms with van der Waals surface area (Å²) in [5, 5.41) is 0. The molecule has 0 aliphatic carbocycles. The number of hydrogen-bond acceptors (Lipinski definition) is 3. The Morgan fingerprint density at radius 2 is 2.00 bits per heavy atom. The third-order valence-corrected chi connectivity index (χ3v) is 2.42. The molecule has 3 heteroatoms. The van der Waals surface area contributed by atoms with Crippen LogP contribution in [0.3, 0.4) is 0 Å². The smallest absolute Gasteiger partial charge is 0.313 e. The lowest BCUT2D eigenvalue weighted by molar-refractivity contribution is -0.142. The zero-order chi connectivity index (χ0) is 11.3. The van der Waals surface area contributed by atoms with E-state index < -0.39 is 0 Å². The van der Waals surface area contributed by atoms with Crippen LogP contribution in [0.25, 0.3) is 0 Å². The summed E-state index contributed by atoms with van der Waals surface area (Å²) >= 11 is 0. The predicted octanol–water partition coefficient (Wildman–Crippen LogP) is 1.60. The summed E-state index contributed by atoms with van der Waals surface area (Å²) in [5.74, 6) is -0.454. The van der Waals surface area contributed by atoms with Crippen LogP contribution in [0, 0.1) is 6.92 Å². The molecule has 0 amide bonds. The normalized spacial score (nSPS) is 12.2. The van der Waals surface area contributed by atoms with Crippen molar-refractivity contribution in [3.05, 3.63) is 35.4 Å². The molecular weight excluding hydrogens is 190 g/mol. The highest BCUT2D eigenvalue weighted by atomic mass is 16.5. The zero-order valence-corrected chi connectivity index (χ0v) is 9.19. The first-order valence-corrected chi connectivity index (χ1v) is 5.03. The molecule has 0 radical (unpaired) electrons. The molecule has 15 heavy (non-hydrogen) atoms. The molecule has 2 N–H and O–H groups in total. The van der Waals surface area contributed by atoms with Gasteiger partial charge in [-0.05, 0) is 25.5 Å². The van der Waals surface area contributed by atoms with E-state index in [-0.39, 0.29) is 11.9 Å². The fourth-order valence-corrected chi connectivity index (χ4v) is 1.53. The van der Waals surface area contributed by atoms with Crippen molar-refractivity contribution >= 4 is 5.97 Å². The van der Waals surface area contributed by atoms with E-state index in [9.17, 15) is 4.79 Å². The molecule has 0 aromatic heterocycles. The number of carbonyl (C=O) groups is 1. The molecule has 0 heterocycles. The summed E-state index contributed by atoms with van der Waals surface area (Å²) in [6.07, 6.45) is 0.621. The van der Waals surface area contributed by atoms with Crippen molar-refractivity contribution < 1.29 is 9.53 Å². The summed E-state index contributed by atoms with van der Waals surface area (Å²) in [7, 11) is 1.40. The molecule has 1 atom stereocenters. The molecule has 1 aromatic carbocycles. The largest absolute Gasteiger partial charge is 0.469 e. The Hall–Kier alpha value is -1.35. The Morgan fingerprint density at radius 3 is 2.47 bits per heavy atom. The Balaban J connectivity index is 2.88. The van der Waals surface area contributed by atoms with Gasteiger partial charge in [0.2, 0.25) is 0 Å². The standard InChI is InChI=1S/C12H17NO2/c1-9-3-5-10(6-4-9)11(7-8-13)12(14)15-2/h3-6,11H,7-8,13H2,1-2H3. The maximum absolute atomic E-state index is 11.5. The highest BCUT2D eigenvalue weighted by molar-refractivity contribution is 5.78. The second-order valence-corrected chi connectivity index (χ2v) is 3.56. The zero-order valence-electron chi connectivity index (χ0n) is 9.19. The van der Waals surface area contributed by atoms with Crippen molar-refractivity contribution in [3.8, 4) is 0 Å². The van der Waals surface area contributed by atoms with Gasteiger partial charge >= 0.3 is 5.97 Å². The van der Waals surface area contributed by atoms with Crippen LogP contribution in [0.2, 0.25) is 0 Å². The molecule has 1 aromatic rings. The Kier molecular flexibility index (Phi) is 4.31. The second-order valence-electron chi connectivity index (χ2n) is 3.56. The maximum Gasteiger partial charge on any atom is 0.313 e. The number of hydrogen-bond donors (Lipinski definition) is 1. The van der Waals surface area contributed by atoms with Gasteiger partial charge in [-0.1, -0.05) is 29.8 Å². The van der Waals surface area contributed by atoms with Crippen LogP contribution in [0.4, 0.5) is 0 Å². The minimum absolute atomic E-state index is 0.218. The van der Waals surface area contributed by atoms with Crippen molar-refractivity contribution in [2.75, 3.05) is 13.7 Å². The van der Waals surface area contributed by atoms with E-state index >= 15 is 0 Å². The van der Waals surface area contributed by atoms with Crippen molar-refractivity contribution in [2.45, 2.75) is 19.3 Å². The van der Waals surface area contributed by atoms with Gasteiger partial charge in [0, 0.05) is 0 Å². The Morgan fingerprint density at radius 1 is 1.40 bits per heavy atom. The van der Waals surface area contributed by atoms with E-state index in [1.165, 1.54) is 12.7 Å². The van der Waals surface area contributed by atoms with E-state index in [1.54, 1.807) is 0 Å². The van der Waals surface area contributed by atoms with Crippen molar-refractivity contribution in [1.82, 2.24) is 0 Å². The summed E-state index contributed by atoms with van der Waals surface area (Å²) < 4.78 is 4.76. The molecule has 0 aliphatic rings. The van der Waals surface area contributed by atoms with E-state index in [1.807, 2.05) is 31.2 Å². The van der Waals surface area contributed by atoms with Crippen LogP contribution in [-0.2, 0) is 9.53 Å². The van der Waals surface area contributed by atoms with Crippen LogP contribution in [-0.4, -0.2) is 19.6 Å². The number of methoxy groups -OCH3 is 1. The molecular formula is C12H17NO2. The number of benzene rings is 1. The first-order valence-electron chi connectivity index (χ1n) is 5.03. The SMILES string of the molecule is COC(=O)C(CCN)c1ccc(C)cc1. The average molecular weight is 207 g/mol. The predicted molar refractivity (Wildman–Crippen MR) is 59.6 cm³/mol. The van der Waals surface area contributed by atoms with Crippen LogP contribution in [0.1, 0.15) is 23.5 Å². The third-order valence-electron chi connectivity index (χ3n) is 2.42. The van der Waals surface area contributed by atoms with Crippen LogP contribution in [0.5, 0.6) is 0 Å². The molecule has 0 spiro atoms. The maximum atomic E-state index is 11.5. The van der Waals surface area contributed by atoms with Gasteiger partial charge in [-0.2, -0.15) is 0 Å². The Bertz CT molecular complexity index is 319. The van der Waals surface area contributed by atoms with Gasteiger partial charge in [0.15, 0.2) is 0 Å². The minimum atomic E-state index is -0.236. The van der Waals surface area contributed by atoms with Crippen molar-refractivity contribution in [1.29, 1.82) is 0 Å². The molecule has 3 nitrogen and oxygen atoms in total. The lowest BCUT2D eigenvalue weighted by atomic mass is 9.95. The topological polar surface area (TPSA) is 52.3 Å². The molecule has 0 bridgehead atoms. The molecule has 1 unspecified atom stereocenters. The average Bonchev–Trinajstić information content (AvgIpc) is 2.26. The highest BCUT2D eigenvalue weighted by Gasteiger charge is 2.19.